The number of nitrogens with zero attached hydrogens (tertiary/aromatic N) is 7. The van der Waals surface area contributed by atoms with Crippen molar-refractivity contribution in [3.05, 3.63) is 71.4 Å². The lowest BCUT2D eigenvalue weighted by molar-refractivity contribution is -0.220. The summed E-state index contributed by atoms with van der Waals surface area (Å²) >= 11 is 5.81. The maximum atomic E-state index is 14.2. The summed E-state index contributed by atoms with van der Waals surface area (Å²) in [7, 11) is 0. The number of ether oxygens (including phenoxy) is 1. The number of aromatic nitrogens is 4. The SMILES string of the molecule is CC(C)(O)COc1cc(-c2ccc(N3CC4CC(C3)N4C(c3ccc(Cl)nc3)C(F)(F)F)nc2)c2c(C#N)cnn2c1. The minimum atomic E-state index is -4.46. The van der Waals surface area contributed by atoms with Gasteiger partial charge in [-0.3, -0.25) is 4.90 Å². The van der Waals surface area contributed by atoms with Crippen LogP contribution in [0.3, 0.4) is 0 Å². The number of pyridine rings is 3. The molecule has 9 nitrogen and oxygen atoms in total. The van der Waals surface area contributed by atoms with Crippen LogP contribution < -0.4 is 9.64 Å². The minimum absolute atomic E-state index is 0.0551. The van der Waals surface area contributed by atoms with Crippen LogP contribution in [0.15, 0.2) is 55.1 Å². The van der Waals surface area contributed by atoms with E-state index in [2.05, 4.69) is 21.1 Å². The van der Waals surface area contributed by atoms with E-state index in [0.717, 1.165) is 0 Å². The average molecular weight is 598 g/mol. The van der Waals surface area contributed by atoms with Crippen LogP contribution in [0.25, 0.3) is 16.6 Å². The number of piperidine rings is 1. The van der Waals surface area contributed by atoms with E-state index in [1.54, 1.807) is 36.8 Å². The fourth-order valence-corrected chi connectivity index (χ4v) is 5.91. The third-order valence-corrected chi connectivity index (χ3v) is 7.83. The van der Waals surface area contributed by atoms with Gasteiger partial charge in [0.05, 0.1) is 29.1 Å². The van der Waals surface area contributed by atoms with Gasteiger partial charge in [0.2, 0.25) is 0 Å². The molecule has 0 spiro atoms. The standard InChI is InChI=1S/C29H27ClF3N7O2/c1-28(2,41)16-42-22-8-23(26-19(9-34)12-37-39(26)15-22)17-4-6-25(36-10-17)38-13-20-7-21(14-38)40(20)27(29(31,32)33)18-3-5-24(30)35-11-18/h3-6,8,10-12,15,20-21,27,41H,7,13-14,16H2,1-2H3. The van der Waals surface area contributed by atoms with Crippen molar-refractivity contribution in [1.29, 1.82) is 5.26 Å². The Labute approximate surface area is 244 Å². The van der Waals surface area contributed by atoms with Gasteiger partial charge in [-0.05, 0) is 50.1 Å². The highest BCUT2D eigenvalue weighted by Crippen LogP contribution is 2.47. The summed E-state index contributed by atoms with van der Waals surface area (Å²) in [5.41, 5.74) is 1.40. The van der Waals surface area contributed by atoms with E-state index in [1.165, 1.54) is 29.4 Å². The van der Waals surface area contributed by atoms with Crippen molar-refractivity contribution in [3.63, 3.8) is 0 Å². The molecule has 3 saturated heterocycles. The molecule has 3 aliphatic heterocycles. The molecular weight excluding hydrogens is 571 g/mol. The van der Waals surface area contributed by atoms with Crippen LogP contribution in [0.1, 0.15) is 37.4 Å². The van der Waals surface area contributed by atoms with Crippen LogP contribution in [-0.2, 0) is 0 Å². The number of hydrogen-bond acceptors (Lipinski definition) is 8. The molecule has 0 saturated carbocycles. The first-order chi connectivity index (χ1) is 19.9. The second-order valence-corrected chi connectivity index (χ2v) is 11.7. The molecule has 218 valence electrons. The minimum Gasteiger partial charge on any atom is -0.489 e. The van der Waals surface area contributed by atoms with Crippen molar-refractivity contribution >= 4 is 22.9 Å². The number of anilines is 1. The van der Waals surface area contributed by atoms with Gasteiger partial charge in [-0.15, -0.1) is 0 Å². The van der Waals surface area contributed by atoms with Crippen LogP contribution >= 0.6 is 11.6 Å². The number of aliphatic hydroxyl groups is 1. The Balaban J connectivity index is 1.24. The zero-order valence-electron chi connectivity index (χ0n) is 22.8. The van der Waals surface area contributed by atoms with Gasteiger partial charge >= 0.3 is 6.18 Å². The lowest BCUT2D eigenvalue weighted by Gasteiger charge is -2.59. The number of hydrogen-bond donors (Lipinski definition) is 1. The van der Waals surface area contributed by atoms with Gasteiger partial charge in [0.1, 0.15) is 35.4 Å². The quantitative estimate of drug-likeness (QED) is 0.296. The largest absolute Gasteiger partial charge is 0.489 e. The van der Waals surface area contributed by atoms with Crippen molar-refractivity contribution in [3.8, 4) is 22.9 Å². The topological polar surface area (TPSA) is 103 Å². The fraction of sp³-hybridized carbons (Fsp3) is 0.379. The van der Waals surface area contributed by atoms with Gasteiger partial charge in [-0.2, -0.15) is 23.5 Å². The van der Waals surface area contributed by atoms with Crippen molar-refractivity contribution in [2.24, 2.45) is 0 Å². The zero-order valence-corrected chi connectivity index (χ0v) is 23.5. The first-order valence-corrected chi connectivity index (χ1v) is 13.7. The molecule has 0 aromatic carbocycles. The van der Waals surface area contributed by atoms with E-state index < -0.39 is 17.8 Å². The Kier molecular flexibility index (Phi) is 7.00. The molecular formula is C29H27ClF3N7O2. The first-order valence-electron chi connectivity index (χ1n) is 13.3. The van der Waals surface area contributed by atoms with Gasteiger partial charge in [0.15, 0.2) is 0 Å². The van der Waals surface area contributed by atoms with E-state index in [0.29, 0.717) is 53.3 Å². The van der Waals surface area contributed by atoms with Gasteiger partial charge in [0, 0.05) is 48.7 Å². The van der Waals surface area contributed by atoms with Crippen LogP contribution in [-0.4, -0.2) is 73.1 Å². The second-order valence-electron chi connectivity index (χ2n) is 11.3. The first kappa shape index (κ1) is 28.2. The Morgan fingerprint density at radius 1 is 1.12 bits per heavy atom. The van der Waals surface area contributed by atoms with Crippen LogP contribution in [0.5, 0.6) is 5.75 Å². The summed E-state index contributed by atoms with van der Waals surface area (Å²) < 4.78 is 50.0. The van der Waals surface area contributed by atoms with Crippen molar-refractivity contribution in [2.75, 3.05) is 24.6 Å². The molecule has 4 aromatic rings. The Morgan fingerprint density at radius 3 is 2.48 bits per heavy atom. The van der Waals surface area contributed by atoms with Gasteiger partial charge in [-0.25, -0.2) is 14.5 Å². The maximum Gasteiger partial charge on any atom is 0.408 e. The third kappa shape index (κ3) is 5.35. The molecule has 3 unspecified atom stereocenters. The molecule has 7 rings (SSSR count). The number of rotatable bonds is 7. The molecule has 1 N–H and O–H groups in total. The summed E-state index contributed by atoms with van der Waals surface area (Å²) in [5, 5.41) is 24.1. The van der Waals surface area contributed by atoms with Gasteiger partial charge < -0.3 is 14.7 Å². The highest BCUT2D eigenvalue weighted by Gasteiger charge is 2.56. The molecule has 2 bridgehead atoms. The van der Waals surface area contributed by atoms with E-state index in [-0.39, 0.29) is 29.4 Å². The van der Waals surface area contributed by atoms with E-state index in [4.69, 9.17) is 16.3 Å². The number of piperazine rings is 1. The van der Waals surface area contributed by atoms with Crippen LogP contribution in [0.4, 0.5) is 19.0 Å². The van der Waals surface area contributed by atoms with Gasteiger partial charge in [0.25, 0.3) is 0 Å². The predicted molar refractivity (Wildman–Crippen MR) is 149 cm³/mol. The lowest BCUT2D eigenvalue weighted by Crippen LogP contribution is -2.70. The Bertz CT molecular complexity index is 1630. The molecule has 42 heavy (non-hydrogen) atoms. The fourth-order valence-electron chi connectivity index (χ4n) is 5.80. The molecule has 3 aliphatic rings. The number of alkyl halides is 3. The zero-order chi connectivity index (χ0) is 29.8. The molecule has 0 radical (unpaired) electrons. The number of halogens is 4. The Hall–Kier alpha value is -3.92. The Morgan fingerprint density at radius 2 is 1.88 bits per heavy atom. The molecule has 0 amide bonds. The lowest BCUT2D eigenvalue weighted by atomic mass is 9.83. The van der Waals surface area contributed by atoms with Crippen molar-refractivity contribution in [2.45, 2.75) is 50.2 Å². The van der Waals surface area contributed by atoms with Crippen molar-refractivity contribution < 1.29 is 23.0 Å². The molecule has 4 aromatic heterocycles. The number of nitriles is 1. The summed E-state index contributed by atoms with van der Waals surface area (Å²) in [6.07, 6.45) is 2.21. The normalized spacial score (nSPS) is 19.8. The smallest absolute Gasteiger partial charge is 0.408 e. The maximum absolute atomic E-state index is 14.2. The van der Waals surface area contributed by atoms with E-state index >= 15 is 0 Å². The molecule has 3 atom stereocenters. The molecule has 3 fully saturated rings. The molecule has 0 aliphatic carbocycles. The van der Waals surface area contributed by atoms with Gasteiger partial charge in [-0.1, -0.05) is 17.7 Å². The highest BCUT2D eigenvalue weighted by molar-refractivity contribution is 6.29. The van der Waals surface area contributed by atoms with E-state index in [1.807, 2.05) is 17.0 Å². The summed E-state index contributed by atoms with van der Waals surface area (Å²) in [5.74, 6) is 1.12. The van der Waals surface area contributed by atoms with E-state index in [9.17, 15) is 23.5 Å². The summed E-state index contributed by atoms with van der Waals surface area (Å²) in [6, 6.07) is 8.07. The highest BCUT2D eigenvalue weighted by atomic mass is 35.5. The molecule has 7 heterocycles. The summed E-state index contributed by atoms with van der Waals surface area (Å²) in [4.78, 5) is 12.1. The van der Waals surface area contributed by atoms with Crippen LogP contribution in [0, 0.1) is 11.3 Å². The van der Waals surface area contributed by atoms with Crippen LogP contribution in [0.2, 0.25) is 5.15 Å². The number of fused-ring (bicyclic) bond motifs is 3. The molecule has 13 heteroatoms. The third-order valence-electron chi connectivity index (χ3n) is 7.61. The monoisotopic (exact) mass is 597 g/mol. The predicted octanol–water partition coefficient (Wildman–Crippen LogP) is 5.03. The van der Waals surface area contributed by atoms with Crippen molar-refractivity contribution in [1.82, 2.24) is 24.5 Å². The second kappa shape index (κ2) is 10.4. The summed E-state index contributed by atoms with van der Waals surface area (Å²) in [6.45, 7) is 4.14. The average Bonchev–Trinajstić information content (AvgIpc) is 3.37.